The number of ether oxygens (including phenoxy) is 1. The molecule has 4 aromatic rings. The molecule has 4 nitrogen and oxygen atoms in total. The van der Waals surface area contributed by atoms with Gasteiger partial charge in [-0.25, -0.2) is 9.37 Å². The van der Waals surface area contributed by atoms with E-state index in [1.54, 1.807) is 12.1 Å². The average molecular weight is 416 g/mol. The van der Waals surface area contributed by atoms with Crippen LogP contribution in [0.1, 0.15) is 37.7 Å². The van der Waals surface area contributed by atoms with Crippen molar-refractivity contribution in [3.8, 4) is 17.0 Å². The molecule has 5 heteroatoms. The van der Waals surface area contributed by atoms with Gasteiger partial charge in [0, 0.05) is 17.8 Å². The number of nitrogens with one attached hydrogen (secondary N) is 1. The van der Waals surface area contributed by atoms with Crippen LogP contribution in [0.4, 0.5) is 10.2 Å². The first-order valence-electron chi connectivity index (χ1n) is 11.0. The molecule has 1 fully saturated rings. The second-order valence-corrected chi connectivity index (χ2v) is 8.14. The summed E-state index contributed by atoms with van der Waals surface area (Å²) in [4.78, 5) is 4.91. The lowest BCUT2D eigenvalue weighted by Gasteiger charge is -2.24. The molecule has 0 bridgehead atoms. The van der Waals surface area contributed by atoms with E-state index in [1.165, 1.54) is 25.3 Å². The Kier molecular flexibility index (Phi) is 5.57. The van der Waals surface area contributed by atoms with Gasteiger partial charge in [0.15, 0.2) is 11.4 Å². The zero-order chi connectivity index (χ0) is 21.0. The van der Waals surface area contributed by atoms with Crippen LogP contribution in [-0.4, -0.2) is 15.4 Å². The molecular formula is C26H26FN3O. The van der Waals surface area contributed by atoms with Crippen LogP contribution in [0.3, 0.4) is 0 Å². The van der Waals surface area contributed by atoms with Gasteiger partial charge in [-0.05, 0) is 42.7 Å². The minimum Gasteiger partial charge on any atom is -0.485 e. The lowest BCUT2D eigenvalue weighted by molar-refractivity contribution is 0.308. The van der Waals surface area contributed by atoms with Crippen molar-refractivity contribution in [3.05, 3.63) is 84.3 Å². The molecule has 0 spiro atoms. The number of pyridine rings is 1. The Morgan fingerprint density at radius 3 is 2.61 bits per heavy atom. The van der Waals surface area contributed by atoms with Gasteiger partial charge in [0.25, 0.3) is 0 Å². The zero-order valence-electron chi connectivity index (χ0n) is 17.4. The summed E-state index contributed by atoms with van der Waals surface area (Å²) in [6.45, 7) is 0.466. The summed E-state index contributed by atoms with van der Waals surface area (Å²) < 4.78 is 22.2. The quantitative estimate of drug-likeness (QED) is 0.392. The molecule has 1 aliphatic rings. The van der Waals surface area contributed by atoms with Crippen LogP contribution in [0, 0.1) is 5.82 Å². The predicted molar refractivity (Wildman–Crippen MR) is 122 cm³/mol. The van der Waals surface area contributed by atoms with Crippen LogP contribution in [0.15, 0.2) is 72.9 Å². The Balaban J connectivity index is 1.55. The molecule has 0 unspecified atom stereocenters. The van der Waals surface area contributed by atoms with E-state index in [-0.39, 0.29) is 5.82 Å². The van der Waals surface area contributed by atoms with Crippen molar-refractivity contribution in [2.75, 3.05) is 5.32 Å². The molecule has 0 radical (unpaired) electrons. The second-order valence-electron chi connectivity index (χ2n) is 8.14. The van der Waals surface area contributed by atoms with Crippen LogP contribution in [0.5, 0.6) is 5.75 Å². The van der Waals surface area contributed by atoms with Gasteiger partial charge in [-0.15, -0.1) is 0 Å². The number of rotatable bonds is 6. The molecule has 0 saturated heterocycles. The van der Waals surface area contributed by atoms with Crippen LogP contribution in [0.25, 0.3) is 16.9 Å². The molecule has 0 atom stereocenters. The lowest BCUT2D eigenvalue weighted by atomic mass is 9.95. The number of hydrogen-bond donors (Lipinski definition) is 1. The van der Waals surface area contributed by atoms with E-state index in [0.29, 0.717) is 18.4 Å². The fourth-order valence-electron chi connectivity index (χ4n) is 4.31. The maximum absolute atomic E-state index is 14.0. The van der Waals surface area contributed by atoms with Crippen molar-refractivity contribution in [3.63, 3.8) is 0 Å². The van der Waals surface area contributed by atoms with E-state index in [2.05, 4.69) is 5.32 Å². The number of fused-ring (bicyclic) bond motifs is 1. The number of nitrogens with zero attached hydrogens (tertiary/aromatic N) is 2. The standard InChI is InChI=1S/C26H26FN3O/c27-21-12-7-11-20(17-21)24-26(28-22-13-5-2-6-14-22)30-16-8-15-23(25(30)29-24)31-18-19-9-3-1-4-10-19/h1,3-4,7-12,15-17,22,28H,2,5-6,13-14,18H2. The number of imidazole rings is 1. The van der Waals surface area contributed by atoms with Gasteiger partial charge in [0.2, 0.25) is 0 Å². The molecular weight excluding hydrogens is 389 g/mol. The molecule has 1 saturated carbocycles. The van der Waals surface area contributed by atoms with Gasteiger partial charge >= 0.3 is 0 Å². The minimum absolute atomic E-state index is 0.265. The van der Waals surface area contributed by atoms with E-state index < -0.39 is 0 Å². The molecule has 2 heterocycles. The summed E-state index contributed by atoms with van der Waals surface area (Å²) in [5.74, 6) is 1.34. The van der Waals surface area contributed by atoms with Crippen molar-refractivity contribution in [1.29, 1.82) is 0 Å². The third-order valence-electron chi connectivity index (χ3n) is 5.90. The zero-order valence-corrected chi connectivity index (χ0v) is 17.4. The molecule has 5 rings (SSSR count). The van der Waals surface area contributed by atoms with Crippen LogP contribution in [0.2, 0.25) is 0 Å². The first-order valence-corrected chi connectivity index (χ1v) is 11.0. The topological polar surface area (TPSA) is 38.6 Å². The van der Waals surface area contributed by atoms with E-state index in [9.17, 15) is 4.39 Å². The summed E-state index contributed by atoms with van der Waals surface area (Å²) in [5, 5.41) is 3.71. The number of aromatic nitrogens is 2. The van der Waals surface area contributed by atoms with Crippen LogP contribution in [-0.2, 0) is 6.61 Å². The highest BCUT2D eigenvalue weighted by atomic mass is 19.1. The van der Waals surface area contributed by atoms with Gasteiger partial charge < -0.3 is 10.1 Å². The molecule has 2 aromatic heterocycles. The van der Waals surface area contributed by atoms with Crippen molar-refractivity contribution in [2.24, 2.45) is 0 Å². The van der Waals surface area contributed by atoms with E-state index >= 15 is 0 Å². The Labute approximate surface area is 181 Å². The van der Waals surface area contributed by atoms with E-state index in [0.717, 1.165) is 41.1 Å². The Hall–Kier alpha value is -3.34. The highest BCUT2D eigenvalue weighted by Crippen LogP contribution is 2.34. The summed E-state index contributed by atoms with van der Waals surface area (Å²) >= 11 is 0. The maximum atomic E-state index is 14.0. The van der Waals surface area contributed by atoms with Gasteiger partial charge in [0.05, 0.1) is 0 Å². The number of anilines is 1. The Morgan fingerprint density at radius 1 is 0.968 bits per heavy atom. The van der Waals surface area contributed by atoms with E-state index in [1.807, 2.05) is 59.1 Å². The predicted octanol–water partition coefficient (Wildman–Crippen LogP) is 6.46. The normalized spacial score (nSPS) is 14.6. The maximum Gasteiger partial charge on any atom is 0.181 e. The summed E-state index contributed by atoms with van der Waals surface area (Å²) in [5.41, 5.74) is 3.34. The number of halogens is 1. The average Bonchev–Trinajstić information content (AvgIpc) is 3.18. The molecule has 1 aliphatic carbocycles. The van der Waals surface area contributed by atoms with Crippen molar-refractivity contribution < 1.29 is 9.13 Å². The molecule has 2 aromatic carbocycles. The van der Waals surface area contributed by atoms with Gasteiger partial charge in [-0.1, -0.05) is 61.7 Å². The summed E-state index contributed by atoms with van der Waals surface area (Å²) in [6, 6.07) is 21.0. The largest absolute Gasteiger partial charge is 0.485 e. The second kappa shape index (κ2) is 8.80. The first kappa shape index (κ1) is 19.6. The molecule has 31 heavy (non-hydrogen) atoms. The smallest absolute Gasteiger partial charge is 0.181 e. The number of hydrogen-bond acceptors (Lipinski definition) is 3. The van der Waals surface area contributed by atoms with Crippen LogP contribution >= 0.6 is 0 Å². The van der Waals surface area contributed by atoms with Crippen molar-refractivity contribution >= 4 is 11.5 Å². The van der Waals surface area contributed by atoms with Gasteiger partial charge in [0.1, 0.15) is 23.9 Å². The van der Waals surface area contributed by atoms with Crippen molar-refractivity contribution in [1.82, 2.24) is 9.38 Å². The fourth-order valence-corrected chi connectivity index (χ4v) is 4.31. The third-order valence-corrected chi connectivity index (χ3v) is 5.90. The Bertz CT molecular complexity index is 1170. The molecule has 0 aliphatic heterocycles. The number of benzene rings is 2. The highest BCUT2D eigenvalue weighted by Gasteiger charge is 2.21. The SMILES string of the molecule is Fc1cccc(-c2nc3c(OCc4ccccc4)cccn3c2NC2CCCCC2)c1. The summed E-state index contributed by atoms with van der Waals surface area (Å²) in [6.07, 6.45) is 8.02. The van der Waals surface area contributed by atoms with Gasteiger partial charge in [-0.3, -0.25) is 4.40 Å². The van der Waals surface area contributed by atoms with Gasteiger partial charge in [-0.2, -0.15) is 0 Å². The highest BCUT2D eigenvalue weighted by molar-refractivity contribution is 5.78. The first-order chi connectivity index (χ1) is 15.3. The summed E-state index contributed by atoms with van der Waals surface area (Å²) in [7, 11) is 0. The Morgan fingerprint density at radius 2 is 1.81 bits per heavy atom. The minimum atomic E-state index is -0.265. The molecule has 0 amide bonds. The van der Waals surface area contributed by atoms with E-state index in [4.69, 9.17) is 9.72 Å². The van der Waals surface area contributed by atoms with Crippen LogP contribution < -0.4 is 10.1 Å². The fraction of sp³-hybridized carbons (Fsp3) is 0.269. The monoisotopic (exact) mass is 415 g/mol. The molecule has 1 N–H and O–H groups in total. The molecule has 158 valence electrons. The lowest BCUT2D eigenvalue weighted by Crippen LogP contribution is -2.23. The van der Waals surface area contributed by atoms with Crippen molar-refractivity contribution in [2.45, 2.75) is 44.8 Å². The third kappa shape index (κ3) is 4.26.